The molecule has 0 atom stereocenters. The van der Waals surface area contributed by atoms with E-state index in [1.165, 1.54) is 44.6 Å². The van der Waals surface area contributed by atoms with Gasteiger partial charge in [-0.05, 0) is 30.3 Å². The van der Waals surface area contributed by atoms with Crippen molar-refractivity contribution in [2.45, 2.75) is 4.90 Å². The van der Waals surface area contributed by atoms with Gasteiger partial charge in [0.05, 0.1) is 19.1 Å². The molecule has 3 rings (SSSR count). The van der Waals surface area contributed by atoms with Crippen LogP contribution in [0.15, 0.2) is 53.4 Å². The van der Waals surface area contributed by atoms with Crippen molar-refractivity contribution in [1.82, 2.24) is 4.98 Å². The molecule has 0 aliphatic carbocycles. The van der Waals surface area contributed by atoms with Crippen LogP contribution in [0.2, 0.25) is 0 Å². The van der Waals surface area contributed by atoms with Crippen LogP contribution in [0.5, 0.6) is 17.2 Å². The maximum atomic E-state index is 12.6. The van der Waals surface area contributed by atoms with E-state index in [-0.39, 0.29) is 16.5 Å². The predicted molar refractivity (Wildman–Crippen MR) is 93.8 cm³/mol. The summed E-state index contributed by atoms with van der Waals surface area (Å²) in [5.74, 6) is 0.804. The van der Waals surface area contributed by atoms with Crippen molar-refractivity contribution in [2.24, 2.45) is 0 Å². The SMILES string of the molecule is COc1ccc(S(=O)(=O)Nc2ccc3cccc(O)c3n2)cc1OC. The molecule has 0 saturated carbocycles. The fourth-order valence-electron chi connectivity index (χ4n) is 2.37. The molecule has 7 nitrogen and oxygen atoms in total. The van der Waals surface area contributed by atoms with Gasteiger partial charge >= 0.3 is 0 Å². The number of para-hydroxylation sites is 1. The van der Waals surface area contributed by atoms with Gasteiger partial charge in [0.15, 0.2) is 11.5 Å². The monoisotopic (exact) mass is 360 g/mol. The van der Waals surface area contributed by atoms with Gasteiger partial charge < -0.3 is 14.6 Å². The minimum atomic E-state index is -3.88. The Labute approximate surface area is 144 Å². The molecule has 0 unspecified atom stereocenters. The number of aromatic hydroxyl groups is 1. The quantitative estimate of drug-likeness (QED) is 0.726. The van der Waals surface area contributed by atoms with Crippen molar-refractivity contribution in [3.05, 3.63) is 48.5 Å². The summed E-state index contributed by atoms with van der Waals surface area (Å²) in [4.78, 5) is 4.17. The normalized spacial score (nSPS) is 11.3. The number of anilines is 1. The van der Waals surface area contributed by atoms with E-state index >= 15 is 0 Å². The van der Waals surface area contributed by atoms with Gasteiger partial charge in [0, 0.05) is 11.5 Å². The van der Waals surface area contributed by atoms with E-state index in [1.807, 2.05) is 0 Å². The average Bonchev–Trinajstić information content (AvgIpc) is 2.61. The summed E-state index contributed by atoms with van der Waals surface area (Å²) in [7, 11) is -0.988. The summed E-state index contributed by atoms with van der Waals surface area (Å²) < 4.78 is 37.8. The molecule has 0 fully saturated rings. The van der Waals surface area contributed by atoms with E-state index in [2.05, 4.69) is 9.71 Å². The second-order valence-electron chi connectivity index (χ2n) is 5.17. The molecule has 0 amide bonds. The van der Waals surface area contributed by atoms with Gasteiger partial charge in [-0.25, -0.2) is 13.4 Å². The Morgan fingerprint density at radius 3 is 2.48 bits per heavy atom. The highest BCUT2D eigenvalue weighted by Gasteiger charge is 2.18. The second kappa shape index (κ2) is 6.48. The predicted octanol–water partition coefficient (Wildman–Crippen LogP) is 2.76. The lowest BCUT2D eigenvalue weighted by molar-refractivity contribution is 0.354. The largest absolute Gasteiger partial charge is 0.506 e. The standard InChI is InChI=1S/C17H16N2O5S/c1-23-14-8-7-12(10-15(14)24-2)25(21,22)19-16-9-6-11-4-3-5-13(20)17(11)18-16/h3-10,20H,1-2H3,(H,18,19). The fourth-order valence-corrected chi connectivity index (χ4v) is 3.38. The minimum absolute atomic E-state index is 0.00401. The van der Waals surface area contributed by atoms with Crippen molar-refractivity contribution in [3.8, 4) is 17.2 Å². The maximum Gasteiger partial charge on any atom is 0.263 e. The van der Waals surface area contributed by atoms with Gasteiger partial charge in [-0.1, -0.05) is 12.1 Å². The number of hydrogen-bond donors (Lipinski definition) is 2. The summed E-state index contributed by atoms with van der Waals surface area (Å²) in [6.45, 7) is 0. The number of phenolic OH excluding ortho intramolecular Hbond substituents is 1. The van der Waals surface area contributed by atoms with Crippen LogP contribution in [0.1, 0.15) is 0 Å². The summed E-state index contributed by atoms with van der Waals surface area (Å²) >= 11 is 0. The molecule has 0 aliphatic heterocycles. The zero-order valence-electron chi connectivity index (χ0n) is 13.6. The molecule has 8 heteroatoms. The number of methoxy groups -OCH3 is 2. The molecule has 0 bridgehead atoms. The lowest BCUT2D eigenvalue weighted by atomic mass is 10.2. The van der Waals surface area contributed by atoms with Crippen LogP contribution in [-0.2, 0) is 10.0 Å². The molecule has 25 heavy (non-hydrogen) atoms. The van der Waals surface area contributed by atoms with Gasteiger partial charge in [-0.3, -0.25) is 4.72 Å². The molecule has 2 N–H and O–H groups in total. The van der Waals surface area contributed by atoms with Crippen molar-refractivity contribution < 1.29 is 23.0 Å². The third-order valence-electron chi connectivity index (χ3n) is 3.60. The topological polar surface area (TPSA) is 97.8 Å². The Hall–Kier alpha value is -3.00. The molecular formula is C17H16N2O5S. The molecule has 130 valence electrons. The van der Waals surface area contributed by atoms with Crippen LogP contribution < -0.4 is 14.2 Å². The summed E-state index contributed by atoms with van der Waals surface area (Å²) in [5.41, 5.74) is 0.315. The molecule has 0 saturated heterocycles. The molecule has 1 aromatic heterocycles. The Kier molecular flexibility index (Phi) is 4.37. The third kappa shape index (κ3) is 3.29. The van der Waals surface area contributed by atoms with Crippen molar-refractivity contribution >= 4 is 26.7 Å². The van der Waals surface area contributed by atoms with Crippen LogP contribution >= 0.6 is 0 Å². The van der Waals surface area contributed by atoms with E-state index in [1.54, 1.807) is 18.2 Å². The first-order valence-corrected chi connectivity index (χ1v) is 8.76. The number of fused-ring (bicyclic) bond motifs is 1. The van der Waals surface area contributed by atoms with E-state index in [9.17, 15) is 13.5 Å². The molecule has 0 spiro atoms. The Morgan fingerprint density at radius 1 is 1.00 bits per heavy atom. The van der Waals surface area contributed by atoms with Gasteiger partial charge in [0.25, 0.3) is 10.0 Å². The van der Waals surface area contributed by atoms with Crippen LogP contribution in [0.3, 0.4) is 0 Å². The lowest BCUT2D eigenvalue weighted by Gasteiger charge is -2.11. The smallest absolute Gasteiger partial charge is 0.263 e. The molecular weight excluding hydrogens is 344 g/mol. The van der Waals surface area contributed by atoms with Gasteiger partial charge in [-0.15, -0.1) is 0 Å². The van der Waals surface area contributed by atoms with E-state index in [4.69, 9.17) is 9.47 Å². The van der Waals surface area contributed by atoms with Crippen molar-refractivity contribution in [2.75, 3.05) is 18.9 Å². The lowest BCUT2D eigenvalue weighted by Crippen LogP contribution is -2.14. The number of sulfonamides is 1. The zero-order chi connectivity index (χ0) is 18.0. The summed E-state index contributed by atoms with van der Waals surface area (Å²) in [6.07, 6.45) is 0. The second-order valence-corrected chi connectivity index (χ2v) is 6.85. The first kappa shape index (κ1) is 16.8. The average molecular weight is 360 g/mol. The number of nitrogens with one attached hydrogen (secondary N) is 1. The van der Waals surface area contributed by atoms with Crippen LogP contribution in [0, 0.1) is 0 Å². The Bertz CT molecular complexity index is 1030. The van der Waals surface area contributed by atoms with Gasteiger partial charge in [0.1, 0.15) is 17.1 Å². The highest BCUT2D eigenvalue weighted by molar-refractivity contribution is 7.92. The maximum absolute atomic E-state index is 12.6. The van der Waals surface area contributed by atoms with Crippen molar-refractivity contribution in [1.29, 1.82) is 0 Å². The molecule has 3 aromatic rings. The number of nitrogens with zero attached hydrogens (tertiary/aromatic N) is 1. The van der Waals surface area contributed by atoms with Crippen LogP contribution in [0.4, 0.5) is 5.82 Å². The number of benzene rings is 2. The van der Waals surface area contributed by atoms with Crippen LogP contribution in [-0.4, -0.2) is 32.7 Å². The molecule has 0 radical (unpaired) electrons. The first-order chi connectivity index (χ1) is 11.9. The van der Waals surface area contributed by atoms with Gasteiger partial charge in [0.2, 0.25) is 0 Å². The zero-order valence-corrected chi connectivity index (χ0v) is 14.4. The van der Waals surface area contributed by atoms with Crippen LogP contribution in [0.25, 0.3) is 10.9 Å². The van der Waals surface area contributed by atoms with Gasteiger partial charge in [-0.2, -0.15) is 0 Å². The summed E-state index contributed by atoms with van der Waals surface area (Å²) in [6, 6.07) is 12.4. The van der Waals surface area contributed by atoms with E-state index in [0.29, 0.717) is 22.4 Å². The van der Waals surface area contributed by atoms with E-state index < -0.39 is 10.0 Å². The first-order valence-electron chi connectivity index (χ1n) is 7.28. The highest BCUT2D eigenvalue weighted by Crippen LogP contribution is 2.30. The Morgan fingerprint density at radius 2 is 1.76 bits per heavy atom. The Balaban J connectivity index is 1.98. The van der Waals surface area contributed by atoms with E-state index in [0.717, 1.165) is 0 Å². The summed E-state index contributed by atoms with van der Waals surface area (Å²) in [5, 5.41) is 10.6. The number of pyridine rings is 1. The minimum Gasteiger partial charge on any atom is -0.506 e. The number of ether oxygens (including phenoxy) is 2. The van der Waals surface area contributed by atoms with Crippen molar-refractivity contribution in [3.63, 3.8) is 0 Å². The highest BCUT2D eigenvalue weighted by atomic mass is 32.2. The number of phenols is 1. The number of aromatic nitrogens is 1. The molecule has 2 aromatic carbocycles. The molecule has 0 aliphatic rings. The number of rotatable bonds is 5. The number of hydrogen-bond acceptors (Lipinski definition) is 6. The third-order valence-corrected chi connectivity index (χ3v) is 4.96. The fraction of sp³-hybridized carbons (Fsp3) is 0.118. The molecule has 1 heterocycles.